The molecule has 17 heavy (non-hydrogen) atoms. The lowest BCUT2D eigenvalue weighted by Gasteiger charge is -2.07. The third kappa shape index (κ3) is 3.08. The molecule has 0 unspecified atom stereocenters. The second-order valence-electron chi connectivity index (χ2n) is 4.25. The van der Waals surface area contributed by atoms with Gasteiger partial charge in [-0.3, -0.25) is 4.79 Å². The summed E-state index contributed by atoms with van der Waals surface area (Å²) in [4.78, 5) is 11.6. The number of amides is 1. The van der Waals surface area contributed by atoms with Crippen molar-refractivity contribution in [3.05, 3.63) is 29.3 Å². The van der Waals surface area contributed by atoms with Crippen LogP contribution in [0, 0.1) is 24.7 Å². The molecule has 88 valence electrons. The van der Waals surface area contributed by atoms with Crippen LogP contribution in [-0.4, -0.2) is 17.6 Å². The average molecular weight is 229 g/mol. The molecule has 1 aromatic rings. The summed E-state index contributed by atoms with van der Waals surface area (Å²) < 4.78 is 0. The molecule has 0 heterocycles. The summed E-state index contributed by atoms with van der Waals surface area (Å²) >= 11 is 0. The molecule has 2 rings (SSSR count). The molecule has 0 aliphatic heterocycles. The third-order valence-electron chi connectivity index (χ3n) is 2.74. The number of aryl methyl sites for hydroxylation is 1. The monoisotopic (exact) mass is 229 g/mol. The molecule has 0 radical (unpaired) electrons. The summed E-state index contributed by atoms with van der Waals surface area (Å²) in [5.41, 5.74) is 2.68. The van der Waals surface area contributed by atoms with Gasteiger partial charge in [-0.05, 0) is 43.5 Å². The molecule has 0 saturated heterocycles. The van der Waals surface area contributed by atoms with E-state index >= 15 is 0 Å². The van der Waals surface area contributed by atoms with Crippen LogP contribution in [0.1, 0.15) is 24.0 Å². The van der Waals surface area contributed by atoms with Crippen molar-refractivity contribution in [2.45, 2.75) is 19.8 Å². The number of rotatable bonds is 2. The molecule has 1 aromatic carbocycles. The van der Waals surface area contributed by atoms with E-state index in [1.807, 2.05) is 25.1 Å². The number of aliphatic hydroxyl groups excluding tert-OH is 1. The van der Waals surface area contributed by atoms with E-state index in [1.165, 1.54) is 0 Å². The Morgan fingerprint density at radius 3 is 2.88 bits per heavy atom. The van der Waals surface area contributed by atoms with E-state index in [4.69, 9.17) is 5.11 Å². The van der Waals surface area contributed by atoms with Crippen molar-refractivity contribution >= 4 is 11.6 Å². The smallest absolute Gasteiger partial charge is 0.227 e. The fourth-order valence-electron chi connectivity index (χ4n) is 1.60. The summed E-state index contributed by atoms with van der Waals surface area (Å²) in [5, 5.41) is 11.5. The van der Waals surface area contributed by atoms with Gasteiger partial charge in [-0.15, -0.1) is 0 Å². The van der Waals surface area contributed by atoms with E-state index in [9.17, 15) is 4.79 Å². The molecule has 1 aliphatic carbocycles. The average Bonchev–Trinajstić information content (AvgIpc) is 3.13. The highest BCUT2D eigenvalue weighted by molar-refractivity contribution is 5.94. The largest absolute Gasteiger partial charge is 0.384 e. The van der Waals surface area contributed by atoms with Crippen molar-refractivity contribution in [2.24, 2.45) is 5.92 Å². The summed E-state index contributed by atoms with van der Waals surface area (Å²) in [6.45, 7) is 1.80. The molecule has 2 N–H and O–H groups in total. The number of carbonyl (C=O) groups excluding carboxylic acids is 1. The van der Waals surface area contributed by atoms with Crippen LogP contribution < -0.4 is 5.32 Å². The van der Waals surface area contributed by atoms with Crippen LogP contribution in [0.4, 0.5) is 5.69 Å². The predicted octanol–water partition coefficient (Wildman–Crippen LogP) is 1.69. The molecular formula is C14H15NO2. The van der Waals surface area contributed by atoms with Crippen LogP contribution in [0.2, 0.25) is 0 Å². The lowest BCUT2D eigenvalue weighted by molar-refractivity contribution is -0.117. The molecule has 1 saturated carbocycles. The van der Waals surface area contributed by atoms with Crippen LogP contribution in [0.3, 0.4) is 0 Å². The van der Waals surface area contributed by atoms with Gasteiger partial charge in [0, 0.05) is 17.2 Å². The van der Waals surface area contributed by atoms with Crippen LogP contribution in [0.5, 0.6) is 0 Å². The first-order chi connectivity index (χ1) is 8.20. The molecule has 1 amide bonds. The van der Waals surface area contributed by atoms with Crippen LogP contribution >= 0.6 is 0 Å². The van der Waals surface area contributed by atoms with Gasteiger partial charge in [0.05, 0.1) is 0 Å². The number of hydrogen-bond donors (Lipinski definition) is 2. The van der Waals surface area contributed by atoms with Gasteiger partial charge < -0.3 is 10.4 Å². The van der Waals surface area contributed by atoms with Gasteiger partial charge in [-0.25, -0.2) is 0 Å². The first-order valence-electron chi connectivity index (χ1n) is 5.72. The maximum atomic E-state index is 11.6. The molecule has 0 spiro atoms. The molecule has 1 fully saturated rings. The Kier molecular flexibility index (Phi) is 3.46. The highest BCUT2D eigenvalue weighted by Gasteiger charge is 2.29. The highest BCUT2D eigenvalue weighted by Crippen LogP contribution is 2.30. The zero-order chi connectivity index (χ0) is 12.3. The lowest BCUT2D eigenvalue weighted by atomic mass is 10.1. The standard InChI is InChI=1S/C14H15NO2/c1-10-9-11(3-2-8-16)4-7-13(10)15-14(17)12-5-6-12/h4,7,9,12,16H,5-6,8H2,1H3,(H,15,17). The zero-order valence-corrected chi connectivity index (χ0v) is 9.79. The molecule has 0 bridgehead atoms. The van der Waals surface area contributed by atoms with E-state index in [0.717, 1.165) is 29.7 Å². The van der Waals surface area contributed by atoms with E-state index in [1.54, 1.807) is 0 Å². The van der Waals surface area contributed by atoms with Gasteiger partial charge >= 0.3 is 0 Å². The minimum atomic E-state index is -0.140. The van der Waals surface area contributed by atoms with Crippen LogP contribution in [0.15, 0.2) is 18.2 Å². The molecule has 0 aromatic heterocycles. The lowest BCUT2D eigenvalue weighted by Crippen LogP contribution is -2.14. The molecule has 0 atom stereocenters. The number of benzene rings is 1. The van der Waals surface area contributed by atoms with E-state index in [2.05, 4.69) is 17.2 Å². The summed E-state index contributed by atoms with van der Waals surface area (Å²) in [5.74, 6) is 5.76. The topological polar surface area (TPSA) is 49.3 Å². The number of anilines is 1. The second-order valence-corrected chi connectivity index (χ2v) is 4.25. The van der Waals surface area contributed by atoms with Crippen LogP contribution in [-0.2, 0) is 4.79 Å². The normalized spacial score (nSPS) is 13.8. The third-order valence-corrected chi connectivity index (χ3v) is 2.74. The summed E-state index contributed by atoms with van der Waals surface area (Å²) in [7, 11) is 0. The summed E-state index contributed by atoms with van der Waals surface area (Å²) in [6.07, 6.45) is 2.01. The Balaban J connectivity index is 2.10. The van der Waals surface area contributed by atoms with Gasteiger partial charge in [0.2, 0.25) is 5.91 Å². The van der Waals surface area contributed by atoms with Crippen molar-refractivity contribution in [3.8, 4) is 11.8 Å². The first kappa shape index (κ1) is 11.7. The molecule has 3 nitrogen and oxygen atoms in total. The van der Waals surface area contributed by atoms with Crippen molar-refractivity contribution in [1.29, 1.82) is 0 Å². The second kappa shape index (κ2) is 5.03. The summed E-state index contributed by atoms with van der Waals surface area (Å²) in [6, 6.07) is 5.61. The highest BCUT2D eigenvalue weighted by atomic mass is 16.2. The van der Waals surface area contributed by atoms with Gasteiger partial charge in [-0.1, -0.05) is 11.8 Å². The Morgan fingerprint density at radius 1 is 1.53 bits per heavy atom. The molecule has 3 heteroatoms. The van der Waals surface area contributed by atoms with Gasteiger partial charge in [0.1, 0.15) is 6.61 Å². The minimum Gasteiger partial charge on any atom is -0.384 e. The van der Waals surface area contributed by atoms with E-state index in [-0.39, 0.29) is 18.4 Å². The van der Waals surface area contributed by atoms with Crippen LogP contribution in [0.25, 0.3) is 0 Å². The fraction of sp³-hybridized carbons (Fsp3) is 0.357. The zero-order valence-electron chi connectivity index (χ0n) is 9.79. The van der Waals surface area contributed by atoms with Crippen molar-refractivity contribution in [2.75, 3.05) is 11.9 Å². The molecule has 1 aliphatic rings. The first-order valence-corrected chi connectivity index (χ1v) is 5.72. The predicted molar refractivity (Wildman–Crippen MR) is 66.5 cm³/mol. The number of carbonyl (C=O) groups is 1. The van der Waals surface area contributed by atoms with Gasteiger partial charge in [0.25, 0.3) is 0 Å². The van der Waals surface area contributed by atoms with Crippen molar-refractivity contribution in [3.63, 3.8) is 0 Å². The quantitative estimate of drug-likeness (QED) is 0.758. The van der Waals surface area contributed by atoms with Gasteiger partial charge in [-0.2, -0.15) is 0 Å². The molecular weight excluding hydrogens is 214 g/mol. The Labute approximate surface area is 101 Å². The van der Waals surface area contributed by atoms with E-state index in [0.29, 0.717) is 0 Å². The number of aliphatic hydroxyl groups is 1. The Morgan fingerprint density at radius 2 is 2.29 bits per heavy atom. The van der Waals surface area contributed by atoms with Crippen molar-refractivity contribution in [1.82, 2.24) is 0 Å². The number of nitrogens with one attached hydrogen (secondary N) is 1. The maximum absolute atomic E-state index is 11.6. The van der Waals surface area contributed by atoms with Gasteiger partial charge in [0.15, 0.2) is 0 Å². The minimum absolute atomic E-state index is 0.113. The van der Waals surface area contributed by atoms with E-state index < -0.39 is 0 Å². The van der Waals surface area contributed by atoms with Crippen molar-refractivity contribution < 1.29 is 9.90 Å². The maximum Gasteiger partial charge on any atom is 0.227 e. The Bertz CT molecular complexity index is 493. The fourth-order valence-corrected chi connectivity index (χ4v) is 1.60. The number of hydrogen-bond acceptors (Lipinski definition) is 2. The Hall–Kier alpha value is -1.79. The SMILES string of the molecule is Cc1cc(C#CCO)ccc1NC(=O)C1CC1.